The zero-order chi connectivity index (χ0) is 14.0. The minimum Gasteiger partial charge on any atom is -0.464 e. The molecule has 0 unspecified atom stereocenters. The summed E-state index contributed by atoms with van der Waals surface area (Å²) >= 11 is 0. The Labute approximate surface area is 104 Å². The highest BCUT2D eigenvalue weighted by Crippen LogP contribution is 2.39. The summed E-state index contributed by atoms with van der Waals surface area (Å²) in [5, 5.41) is 0. The molecule has 1 aromatic heterocycles. The maximum absolute atomic E-state index is 12.8. The van der Waals surface area contributed by atoms with Crippen molar-refractivity contribution < 1.29 is 31.1 Å². The van der Waals surface area contributed by atoms with Gasteiger partial charge in [0, 0.05) is 5.56 Å². The molecule has 0 saturated carbocycles. The quantitative estimate of drug-likeness (QED) is 0.767. The minimum atomic E-state index is -4.80. The first kappa shape index (κ1) is 13.4. The Balaban J connectivity index is 2.48. The first-order valence-electron chi connectivity index (χ1n) is 5.08. The van der Waals surface area contributed by atoms with E-state index in [4.69, 9.17) is 4.42 Å². The summed E-state index contributed by atoms with van der Waals surface area (Å²) in [4.78, 5) is 0. The highest BCUT2D eigenvalue weighted by Gasteiger charge is 2.35. The Morgan fingerprint density at radius 1 is 1.11 bits per heavy atom. The van der Waals surface area contributed by atoms with Crippen LogP contribution in [0.5, 0.6) is 5.75 Å². The molecule has 0 N–H and O–H groups in total. The molecule has 0 aliphatic heterocycles. The van der Waals surface area contributed by atoms with Crippen LogP contribution in [-0.4, -0.2) is 6.61 Å². The molecule has 0 bridgehead atoms. The van der Waals surface area contributed by atoms with Crippen LogP contribution in [-0.2, 0) is 6.18 Å². The van der Waals surface area contributed by atoms with Gasteiger partial charge in [0.15, 0.2) is 0 Å². The Kier molecular flexibility index (Phi) is 3.46. The van der Waals surface area contributed by atoms with E-state index in [1.165, 1.54) is 24.5 Å². The van der Waals surface area contributed by atoms with Gasteiger partial charge in [-0.05, 0) is 30.3 Å². The molecule has 0 fully saturated rings. The van der Waals surface area contributed by atoms with Gasteiger partial charge in [-0.1, -0.05) is 0 Å². The van der Waals surface area contributed by atoms with Gasteiger partial charge in [-0.25, -0.2) is 0 Å². The third-order valence-electron chi connectivity index (χ3n) is 2.31. The first-order chi connectivity index (χ1) is 8.88. The van der Waals surface area contributed by atoms with Crippen LogP contribution in [0, 0.1) is 0 Å². The highest BCUT2D eigenvalue weighted by molar-refractivity contribution is 5.61. The van der Waals surface area contributed by atoms with Crippen LogP contribution in [0.1, 0.15) is 5.56 Å². The summed E-state index contributed by atoms with van der Waals surface area (Å²) in [6, 6.07) is 5.73. The molecule has 0 spiro atoms. The van der Waals surface area contributed by atoms with Gasteiger partial charge >= 0.3 is 12.8 Å². The Morgan fingerprint density at radius 3 is 2.37 bits per heavy atom. The number of halogens is 5. The second kappa shape index (κ2) is 4.91. The van der Waals surface area contributed by atoms with E-state index in [2.05, 4.69) is 4.74 Å². The number of hydrogen-bond acceptors (Lipinski definition) is 2. The molecular weight excluding hydrogens is 271 g/mol. The number of benzene rings is 1. The van der Waals surface area contributed by atoms with Crippen molar-refractivity contribution in [3.05, 3.63) is 42.2 Å². The van der Waals surface area contributed by atoms with E-state index in [1.807, 2.05) is 0 Å². The SMILES string of the molecule is FC(F)Oc1ccc(-c2ccco2)cc1C(F)(F)F. The number of alkyl halides is 5. The van der Waals surface area contributed by atoms with E-state index >= 15 is 0 Å². The number of rotatable bonds is 3. The van der Waals surface area contributed by atoms with E-state index in [0.717, 1.165) is 6.07 Å². The fraction of sp³-hybridized carbons (Fsp3) is 0.167. The lowest BCUT2D eigenvalue weighted by molar-refractivity contribution is -0.141. The van der Waals surface area contributed by atoms with Crippen molar-refractivity contribution in [3.63, 3.8) is 0 Å². The molecule has 0 aliphatic carbocycles. The van der Waals surface area contributed by atoms with Crippen LogP contribution >= 0.6 is 0 Å². The van der Waals surface area contributed by atoms with E-state index in [1.54, 1.807) is 0 Å². The lowest BCUT2D eigenvalue weighted by Crippen LogP contribution is -2.11. The molecule has 1 aromatic carbocycles. The molecule has 0 amide bonds. The minimum absolute atomic E-state index is 0.124. The van der Waals surface area contributed by atoms with Crippen molar-refractivity contribution in [2.24, 2.45) is 0 Å². The van der Waals surface area contributed by atoms with Crippen molar-refractivity contribution in [2.45, 2.75) is 12.8 Å². The lowest BCUT2D eigenvalue weighted by atomic mass is 10.1. The molecule has 2 rings (SSSR count). The highest BCUT2D eigenvalue weighted by atomic mass is 19.4. The van der Waals surface area contributed by atoms with Gasteiger partial charge in [0.05, 0.1) is 11.8 Å². The van der Waals surface area contributed by atoms with E-state index in [-0.39, 0.29) is 11.3 Å². The third-order valence-corrected chi connectivity index (χ3v) is 2.31. The standard InChI is InChI=1S/C12H7F5O2/c13-11(14)19-10-4-3-7(9-2-1-5-18-9)6-8(10)12(15,16)17/h1-6,11H. The van der Waals surface area contributed by atoms with Gasteiger partial charge in [0.1, 0.15) is 11.5 Å². The Hall–Kier alpha value is -2.05. The van der Waals surface area contributed by atoms with E-state index in [0.29, 0.717) is 6.07 Å². The average Bonchev–Trinajstić information content (AvgIpc) is 2.80. The summed E-state index contributed by atoms with van der Waals surface area (Å²) in [5.74, 6) is -0.716. The predicted octanol–water partition coefficient (Wildman–Crippen LogP) is 4.57. The second-order valence-electron chi connectivity index (χ2n) is 3.56. The zero-order valence-corrected chi connectivity index (χ0v) is 9.25. The normalized spacial score (nSPS) is 11.9. The van der Waals surface area contributed by atoms with Crippen LogP contribution in [0.3, 0.4) is 0 Å². The summed E-state index contributed by atoms with van der Waals surface area (Å²) in [6.07, 6.45) is -3.50. The predicted molar refractivity (Wildman–Crippen MR) is 55.8 cm³/mol. The van der Waals surface area contributed by atoms with Crippen LogP contribution in [0.15, 0.2) is 41.0 Å². The van der Waals surface area contributed by atoms with Gasteiger partial charge in [0.2, 0.25) is 0 Å². The number of furan rings is 1. The molecule has 0 atom stereocenters. The lowest BCUT2D eigenvalue weighted by Gasteiger charge is -2.14. The van der Waals surface area contributed by atoms with Gasteiger partial charge in [-0.15, -0.1) is 0 Å². The monoisotopic (exact) mass is 278 g/mol. The smallest absolute Gasteiger partial charge is 0.419 e. The van der Waals surface area contributed by atoms with Crippen LogP contribution < -0.4 is 4.74 Å². The molecule has 0 aliphatic rings. The largest absolute Gasteiger partial charge is 0.464 e. The topological polar surface area (TPSA) is 22.4 Å². The van der Waals surface area contributed by atoms with Crippen LogP contribution in [0.4, 0.5) is 22.0 Å². The molecule has 0 saturated heterocycles. The zero-order valence-electron chi connectivity index (χ0n) is 9.25. The fourth-order valence-electron chi connectivity index (χ4n) is 1.55. The summed E-state index contributed by atoms with van der Waals surface area (Å²) in [7, 11) is 0. The molecule has 19 heavy (non-hydrogen) atoms. The maximum atomic E-state index is 12.8. The van der Waals surface area contributed by atoms with Crippen LogP contribution in [0.2, 0.25) is 0 Å². The average molecular weight is 278 g/mol. The first-order valence-corrected chi connectivity index (χ1v) is 5.08. The van der Waals surface area contributed by atoms with Crippen molar-refractivity contribution in [1.29, 1.82) is 0 Å². The molecule has 2 aromatic rings. The number of hydrogen-bond donors (Lipinski definition) is 0. The summed E-state index contributed by atoms with van der Waals surface area (Å²) < 4.78 is 71.2. The van der Waals surface area contributed by atoms with Crippen molar-refractivity contribution in [3.8, 4) is 17.1 Å². The molecule has 102 valence electrons. The van der Waals surface area contributed by atoms with E-state index < -0.39 is 24.1 Å². The third kappa shape index (κ3) is 3.04. The number of ether oxygens (including phenoxy) is 1. The molecule has 1 heterocycles. The Bertz CT molecular complexity index is 546. The molecular formula is C12H7F5O2. The van der Waals surface area contributed by atoms with Crippen molar-refractivity contribution in [2.75, 3.05) is 0 Å². The van der Waals surface area contributed by atoms with Gasteiger partial charge < -0.3 is 9.15 Å². The van der Waals surface area contributed by atoms with E-state index in [9.17, 15) is 22.0 Å². The molecule has 7 heteroatoms. The second-order valence-corrected chi connectivity index (χ2v) is 3.56. The summed E-state index contributed by atoms with van der Waals surface area (Å²) in [6.45, 7) is -3.32. The van der Waals surface area contributed by atoms with Crippen molar-refractivity contribution >= 4 is 0 Å². The van der Waals surface area contributed by atoms with Crippen LogP contribution in [0.25, 0.3) is 11.3 Å². The Morgan fingerprint density at radius 2 is 1.84 bits per heavy atom. The van der Waals surface area contributed by atoms with Gasteiger partial charge in [0.25, 0.3) is 0 Å². The summed E-state index contributed by atoms with van der Waals surface area (Å²) in [5.41, 5.74) is -1.15. The fourth-order valence-corrected chi connectivity index (χ4v) is 1.55. The molecule has 0 radical (unpaired) electrons. The van der Waals surface area contributed by atoms with Gasteiger partial charge in [-0.3, -0.25) is 0 Å². The van der Waals surface area contributed by atoms with Gasteiger partial charge in [-0.2, -0.15) is 22.0 Å². The molecule has 2 nitrogen and oxygen atoms in total. The maximum Gasteiger partial charge on any atom is 0.419 e. The van der Waals surface area contributed by atoms with Crippen molar-refractivity contribution in [1.82, 2.24) is 0 Å².